The molecule has 2 saturated heterocycles. The molecule has 3 N–H and O–H groups in total. The third kappa shape index (κ3) is 12.0. The van der Waals surface area contributed by atoms with Crippen molar-refractivity contribution in [1.29, 1.82) is 0 Å². The number of hydrogen-bond donors (Lipinski definition) is 3. The van der Waals surface area contributed by atoms with Crippen LogP contribution in [0.2, 0.25) is 0 Å². The Hall–Kier alpha value is -6.11. The van der Waals surface area contributed by atoms with Gasteiger partial charge >= 0.3 is 18.4 Å². The molecule has 1 amide bonds. The molecule has 4 aliphatic rings. The number of nitrogens with one attached hydrogen (secondary N) is 3. The van der Waals surface area contributed by atoms with Crippen LogP contribution < -0.4 is 36.3 Å². The second-order valence-corrected chi connectivity index (χ2v) is 26.3. The monoisotopic (exact) mass is 1080 g/mol. The van der Waals surface area contributed by atoms with Gasteiger partial charge in [-0.2, -0.15) is 26.3 Å². The van der Waals surface area contributed by atoms with E-state index >= 15 is 0 Å². The van der Waals surface area contributed by atoms with E-state index in [4.69, 9.17) is 14.2 Å². The van der Waals surface area contributed by atoms with Crippen LogP contribution in [0.5, 0.6) is 11.5 Å². The second kappa shape index (κ2) is 21.1. The molecule has 2 fully saturated rings. The van der Waals surface area contributed by atoms with Gasteiger partial charge < -0.3 is 44.2 Å². The van der Waals surface area contributed by atoms with Gasteiger partial charge in [0.05, 0.1) is 59.9 Å². The van der Waals surface area contributed by atoms with Crippen molar-refractivity contribution in [1.82, 2.24) is 40.1 Å². The first-order valence-electron chi connectivity index (χ1n) is 24.9. The number of anilines is 2. The van der Waals surface area contributed by atoms with Crippen molar-refractivity contribution in [3.63, 3.8) is 0 Å². The molecule has 4 bridgehead atoms. The van der Waals surface area contributed by atoms with Gasteiger partial charge in [-0.05, 0) is 71.7 Å². The maximum atomic E-state index is 14.0. The fraction of sp³-hybridized carbons (Fsp3) is 0.471. The first-order valence-corrected chi connectivity index (χ1v) is 29.0. The summed E-state index contributed by atoms with van der Waals surface area (Å²) in [5, 5.41) is 11.0. The number of pyridine rings is 2. The molecule has 2 atom stereocenters. The zero-order chi connectivity index (χ0) is 53.5. The molecule has 0 spiro atoms. The van der Waals surface area contributed by atoms with E-state index in [1.807, 2.05) is 0 Å². The minimum absolute atomic E-state index is 0.0736. The minimum atomic E-state index is -4.57. The quantitative estimate of drug-likeness (QED) is 0.109. The van der Waals surface area contributed by atoms with E-state index < -0.39 is 61.5 Å². The van der Waals surface area contributed by atoms with Crippen LogP contribution in [0, 0.1) is 0 Å². The maximum absolute atomic E-state index is 14.0. The number of rotatable bonds is 2. The van der Waals surface area contributed by atoms with Gasteiger partial charge in [0, 0.05) is 85.6 Å². The zero-order valence-corrected chi connectivity index (χ0v) is 43.9. The SMILES string of the molecule is C[C@H]1Nc2nc(nc3cnc(P4(=O)CCN(C(=O)OC(C)(C)C)CC4)cc23)CCCOc2c1cccc2C(F)(F)F.C[C@H]1Nc2nc(nc3cnc(P4(=O)CCNCC4)cc23)CCCOc2c1cccc2C(F)(F)F. The molecule has 24 heteroatoms. The predicted molar refractivity (Wildman–Crippen MR) is 274 cm³/mol. The van der Waals surface area contributed by atoms with E-state index in [2.05, 4.69) is 45.9 Å². The number of hydrogen-bond acceptors (Lipinski definition) is 15. The fourth-order valence-electron chi connectivity index (χ4n) is 9.47. The highest BCUT2D eigenvalue weighted by Gasteiger charge is 2.39. The Balaban J connectivity index is 0.000000187. The highest BCUT2D eigenvalue weighted by atomic mass is 31.2. The van der Waals surface area contributed by atoms with Crippen molar-refractivity contribution < 1.29 is 54.5 Å². The van der Waals surface area contributed by atoms with Crippen molar-refractivity contribution in [3.05, 3.63) is 94.8 Å². The van der Waals surface area contributed by atoms with Crippen LogP contribution in [0.3, 0.4) is 0 Å². The van der Waals surface area contributed by atoms with Gasteiger partial charge in [0.15, 0.2) is 0 Å². The number of benzene rings is 2. The maximum Gasteiger partial charge on any atom is 0.419 e. The lowest BCUT2D eigenvalue weighted by atomic mass is 10.0. The summed E-state index contributed by atoms with van der Waals surface area (Å²) in [5.41, 5.74) is 0.597. The number of ether oxygens (including phenoxy) is 3. The summed E-state index contributed by atoms with van der Waals surface area (Å²) in [6.45, 7) is 11.0. The second-order valence-electron chi connectivity index (χ2n) is 20.1. The standard InChI is InChI=1S/C28H33F3N5O4P.C23H25F3N5O2P/c1-17-18-7-5-8-20(28(29,30)31)24(18)39-12-6-9-22-34-21-16-32-23(15-19(21)25(33-17)35-22)41(38)13-10-36(11-14-41)26(37)40-27(2,3)4;1-14-15-4-2-5-17(23(24,25)26)21(15)33-9-3-6-19-30-18-13-28-20(12-16(18)22(29-14)31-19)34(32)10-7-27-8-11-34/h5,7-8,15-17H,6,9-14H2,1-4H3,(H,33,34,35);2,4-5,12-14,27H,3,6-11H2,1H3,(H,29,30,31)/t17-;14-/m11/s1. The predicted octanol–water partition coefficient (Wildman–Crippen LogP) is 9.91. The van der Waals surface area contributed by atoms with E-state index in [9.17, 15) is 40.3 Å². The molecule has 0 saturated carbocycles. The van der Waals surface area contributed by atoms with Gasteiger partial charge in [0.1, 0.15) is 65.5 Å². The molecule has 400 valence electrons. The molecule has 16 nitrogen and oxygen atoms in total. The molecule has 75 heavy (non-hydrogen) atoms. The Morgan fingerprint density at radius 1 is 0.667 bits per heavy atom. The Bertz CT molecular complexity index is 3210. The lowest BCUT2D eigenvalue weighted by Crippen LogP contribution is -2.43. The number of carbonyl (C=O) groups is 1. The molecule has 4 aromatic heterocycles. The number of fused-ring (bicyclic) bond motifs is 10. The van der Waals surface area contributed by atoms with Crippen LogP contribution in [0.15, 0.2) is 60.9 Å². The van der Waals surface area contributed by atoms with Crippen LogP contribution in [-0.4, -0.2) is 111 Å². The summed E-state index contributed by atoms with van der Waals surface area (Å²) in [4.78, 5) is 41.6. The molecular weight excluding hydrogens is 1020 g/mol. The van der Waals surface area contributed by atoms with Crippen LogP contribution in [-0.2, 0) is 39.1 Å². The Morgan fingerprint density at radius 2 is 1.11 bits per heavy atom. The highest BCUT2D eigenvalue weighted by Crippen LogP contribution is 2.48. The summed E-state index contributed by atoms with van der Waals surface area (Å²) >= 11 is 0. The van der Waals surface area contributed by atoms with E-state index in [1.54, 1.807) is 76.2 Å². The minimum Gasteiger partial charge on any atom is -0.493 e. The highest BCUT2D eigenvalue weighted by molar-refractivity contribution is 7.71. The third-order valence-electron chi connectivity index (χ3n) is 13.4. The Labute approximate surface area is 429 Å². The molecule has 0 radical (unpaired) electrons. The normalized spacial score (nSPS) is 19.9. The lowest BCUT2D eigenvalue weighted by molar-refractivity contribution is -0.139. The average molecular weight is 1080 g/mol. The van der Waals surface area contributed by atoms with Gasteiger partial charge in [-0.15, -0.1) is 0 Å². The van der Waals surface area contributed by atoms with Gasteiger partial charge in [0.25, 0.3) is 0 Å². The number of carbonyl (C=O) groups excluding carboxylic acids is 1. The van der Waals surface area contributed by atoms with Gasteiger partial charge in [-0.1, -0.05) is 24.3 Å². The molecule has 8 heterocycles. The molecular formula is C51H58F6N10O6P2. The van der Waals surface area contributed by atoms with Gasteiger partial charge in [-0.3, -0.25) is 9.97 Å². The topological polar surface area (TPSA) is 196 Å². The first-order chi connectivity index (χ1) is 35.5. The number of amides is 1. The molecule has 0 aliphatic carbocycles. The summed E-state index contributed by atoms with van der Waals surface area (Å²) in [5.74, 6) is 1.61. The number of nitrogens with zero attached hydrogens (tertiary/aromatic N) is 7. The fourth-order valence-corrected chi connectivity index (χ4v) is 14.3. The molecule has 6 aromatic rings. The smallest absolute Gasteiger partial charge is 0.419 e. The van der Waals surface area contributed by atoms with Crippen molar-refractivity contribution in [2.75, 3.05) is 74.7 Å². The van der Waals surface area contributed by atoms with Crippen LogP contribution in [0.4, 0.5) is 42.8 Å². The van der Waals surface area contributed by atoms with Crippen LogP contribution in [0.1, 0.15) is 93.4 Å². The van der Waals surface area contributed by atoms with E-state index in [0.29, 0.717) is 118 Å². The summed E-state index contributed by atoms with van der Waals surface area (Å²) in [7, 11) is -5.58. The van der Waals surface area contributed by atoms with Crippen molar-refractivity contribution in [2.45, 2.75) is 90.3 Å². The van der Waals surface area contributed by atoms with Crippen LogP contribution in [0.25, 0.3) is 21.8 Å². The van der Waals surface area contributed by atoms with Crippen molar-refractivity contribution in [2.24, 2.45) is 0 Å². The third-order valence-corrected chi connectivity index (χ3v) is 19.3. The Morgan fingerprint density at radius 3 is 1.53 bits per heavy atom. The number of halogens is 6. The van der Waals surface area contributed by atoms with Crippen LogP contribution >= 0.6 is 14.3 Å². The summed E-state index contributed by atoms with van der Waals surface area (Å²) in [6, 6.07) is 10.4. The number of alkyl halides is 6. The van der Waals surface area contributed by atoms with Crippen molar-refractivity contribution in [3.8, 4) is 11.5 Å². The Kier molecular flexibility index (Phi) is 15.1. The number of para-hydroxylation sites is 2. The van der Waals surface area contributed by atoms with E-state index in [0.717, 1.165) is 12.1 Å². The van der Waals surface area contributed by atoms with Gasteiger partial charge in [-0.25, -0.2) is 24.7 Å². The average Bonchev–Trinajstić information content (AvgIpc) is 3.39. The lowest BCUT2D eigenvalue weighted by Gasteiger charge is -2.33. The molecule has 10 rings (SSSR count). The first kappa shape index (κ1) is 53.7. The van der Waals surface area contributed by atoms with E-state index in [-0.39, 0.29) is 50.1 Å². The molecule has 2 aromatic carbocycles. The molecule has 0 unspecified atom stereocenters. The zero-order valence-electron chi connectivity index (χ0n) is 42.1. The summed E-state index contributed by atoms with van der Waals surface area (Å²) < 4.78 is 127. The van der Waals surface area contributed by atoms with Crippen molar-refractivity contribution >= 4 is 64.7 Å². The van der Waals surface area contributed by atoms with Gasteiger partial charge in [0.2, 0.25) is 0 Å². The largest absolute Gasteiger partial charge is 0.493 e. The summed E-state index contributed by atoms with van der Waals surface area (Å²) in [6.07, 6.45) is -3.05. The van der Waals surface area contributed by atoms with E-state index in [1.165, 1.54) is 12.1 Å². The number of aromatic nitrogens is 6. The molecule has 4 aliphatic heterocycles. The number of aryl methyl sites for hydroxylation is 2.